The van der Waals surface area contributed by atoms with Crippen molar-refractivity contribution in [1.82, 2.24) is 4.90 Å². The van der Waals surface area contributed by atoms with E-state index >= 15 is 0 Å². The number of hydrogen-bond acceptors (Lipinski definition) is 3. The smallest absolute Gasteiger partial charge is 0.254 e. The molecule has 0 fully saturated rings. The van der Waals surface area contributed by atoms with Crippen LogP contribution in [-0.2, 0) is 4.74 Å². The Morgan fingerprint density at radius 2 is 1.83 bits per heavy atom. The Labute approximate surface area is 108 Å². The molecular formula is C14H21NO3. The van der Waals surface area contributed by atoms with Crippen LogP contribution in [0, 0.1) is 13.8 Å². The average molecular weight is 251 g/mol. The Hall–Kier alpha value is -1.39. The lowest BCUT2D eigenvalue weighted by molar-refractivity contribution is 0.0656. The largest absolute Gasteiger partial charge is 0.395 e. The van der Waals surface area contributed by atoms with E-state index in [-0.39, 0.29) is 12.5 Å². The van der Waals surface area contributed by atoms with Crippen molar-refractivity contribution in [2.75, 3.05) is 33.4 Å². The Bertz CT molecular complexity index is 384. The first-order chi connectivity index (χ1) is 8.58. The summed E-state index contributed by atoms with van der Waals surface area (Å²) >= 11 is 0. The minimum atomic E-state index is -0.0621. The molecule has 100 valence electrons. The Morgan fingerprint density at radius 1 is 1.22 bits per heavy atom. The summed E-state index contributed by atoms with van der Waals surface area (Å²) in [6.45, 7) is 5.18. The van der Waals surface area contributed by atoms with E-state index in [1.807, 2.05) is 32.0 Å². The second-order valence-corrected chi connectivity index (χ2v) is 4.38. The lowest BCUT2D eigenvalue weighted by Crippen LogP contribution is -2.36. The fourth-order valence-electron chi connectivity index (χ4n) is 1.92. The molecule has 1 amide bonds. The first-order valence-electron chi connectivity index (χ1n) is 6.06. The van der Waals surface area contributed by atoms with E-state index in [0.717, 1.165) is 11.1 Å². The Balaban J connectivity index is 2.86. The number of rotatable bonds is 6. The molecule has 0 spiro atoms. The summed E-state index contributed by atoms with van der Waals surface area (Å²) in [6, 6.07) is 5.77. The Kier molecular flexibility index (Phi) is 5.82. The normalized spacial score (nSPS) is 10.4. The van der Waals surface area contributed by atoms with E-state index in [1.165, 1.54) is 0 Å². The van der Waals surface area contributed by atoms with Gasteiger partial charge in [0.1, 0.15) is 0 Å². The highest BCUT2D eigenvalue weighted by molar-refractivity contribution is 5.94. The van der Waals surface area contributed by atoms with Gasteiger partial charge in [0.15, 0.2) is 0 Å². The number of hydrogen-bond donors (Lipinski definition) is 1. The lowest BCUT2D eigenvalue weighted by Gasteiger charge is -2.21. The zero-order valence-electron chi connectivity index (χ0n) is 11.3. The van der Waals surface area contributed by atoms with Crippen molar-refractivity contribution in [3.05, 3.63) is 34.9 Å². The van der Waals surface area contributed by atoms with Crippen LogP contribution in [0.5, 0.6) is 0 Å². The second kappa shape index (κ2) is 7.13. The minimum Gasteiger partial charge on any atom is -0.395 e. The van der Waals surface area contributed by atoms with Gasteiger partial charge in [-0.25, -0.2) is 0 Å². The van der Waals surface area contributed by atoms with Crippen molar-refractivity contribution in [3.63, 3.8) is 0 Å². The molecule has 0 heterocycles. The number of nitrogens with zero attached hydrogens (tertiary/aromatic N) is 1. The monoisotopic (exact) mass is 251 g/mol. The van der Waals surface area contributed by atoms with Crippen molar-refractivity contribution in [2.24, 2.45) is 0 Å². The highest BCUT2D eigenvalue weighted by atomic mass is 16.5. The third kappa shape index (κ3) is 4.13. The fourth-order valence-corrected chi connectivity index (χ4v) is 1.92. The topological polar surface area (TPSA) is 49.8 Å². The SMILES string of the molecule is COCCN(CCO)C(=O)c1cc(C)cc(C)c1. The third-order valence-corrected chi connectivity index (χ3v) is 2.69. The van der Waals surface area contributed by atoms with Gasteiger partial charge in [-0.3, -0.25) is 4.79 Å². The molecule has 1 N–H and O–H groups in total. The molecule has 0 saturated carbocycles. The summed E-state index contributed by atoms with van der Waals surface area (Å²) in [5, 5.41) is 9.01. The van der Waals surface area contributed by atoms with Crippen LogP contribution in [-0.4, -0.2) is 49.3 Å². The van der Waals surface area contributed by atoms with Crippen LogP contribution in [0.4, 0.5) is 0 Å². The summed E-state index contributed by atoms with van der Waals surface area (Å²) in [7, 11) is 1.60. The van der Waals surface area contributed by atoms with E-state index < -0.39 is 0 Å². The number of amides is 1. The second-order valence-electron chi connectivity index (χ2n) is 4.38. The predicted molar refractivity (Wildman–Crippen MR) is 70.8 cm³/mol. The van der Waals surface area contributed by atoms with Crippen LogP contribution >= 0.6 is 0 Å². The average Bonchev–Trinajstić information content (AvgIpc) is 2.32. The van der Waals surface area contributed by atoms with Crippen LogP contribution in [0.3, 0.4) is 0 Å². The molecule has 1 aromatic carbocycles. The molecule has 0 atom stereocenters. The highest BCUT2D eigenvalue weighted by Gasteiger charge is 2.15. The number of benzene rings is 1. The van der Waals surface area contributed by atoms with Crippen molar-refractivity contribution >= 4 is 5.91 Å². The molecule has 0 aromatic heterocycles. The standard InChI is InChI=1S/C14H21NO3/c1-11-8-12(2)10-13(9-11)14(17)15(4-6-16)5-7-18-3/h8-10,16H,4-7H2,1-3H3. The number of ether oxygens (including phenoxy) is 1. The summed E-state index contributed by atoms with van der Waals surface area (Å²) < 4.78 is 4.98. The van der Waals surface area contributed by atoms with Gasteiger partial charge in [-0.1, -0.05) is 17.2 Å². The molecule has 1 aromatic rings. The maximum Gasteiger partial charge on any atom is 0.254 e. The molecule has 0 aliphatic rings. The number of aliphatic hydroxyl groups is 1. The van der Waals surface area contributed by atoms with Gasteiger partial charge in [-0.15, -0.1) is 0 Å². The quantitative estimate of drug-likeness (QED) is 0.831. The fraction of sp³-hybridized carbons (Fsp3) is 0.500. The van der Waals surface area contributed by atoms with Gasteiger partial charge in [0, 0.05) is 25.8 Å². The first-order valence-corrected chi connectivity index (χ1v) is 6.06. The van der Waals surface area contributed by atoms with Gasteiger partial charge in [-0.2, -0.15) is 0 Å². The summed E-state index contributed by atoms with van der Waals surface area (Å²) in [6.07, 6.45) is 0. The number of carbonyl (C=O) groups is 1. The molecule has 1 rings (SSSR count). The molecule has 0 aliphatic heterocycles. The maximum absolute atomic E-state index is 12.3. The summed E-state index contributed by atoms with van der Waals surface area (Å²) in [5.41, 5.74) is 2.79. The third-order valence-electron chi connectivity index (χ3n) is 2.69. The van der Waals surface area contributed by atoms with E-state index in [9.17, 15) is 4.79 Å². The number of aliphatic hydroxyl groups excluding tert-OH is 1. The van der Waals surface area contributed by atoms with E-state index in [2.05, 4.69) is 0 Å². The molecule has 0 radical (unpaired) electrons. The van der Waals surface area contributed by atoms with Crippen molar-refractivity contribution in [3.8, 4) is 0 Å². The zero-order valence-corrected chi connectivity index (χ0v) is 11.3. The molecular weight excluding hydrogens is 230 g/mol. The van der Waals surface area contributed by atoms with Crippen LogP contribution < -0.4 is 0 Å². The number of carbonyl (C=O) groups excluding carboxylic acids is 1. The molecule has 4 nitrogen and oxygen atoms in total. The van der Waals surface area contributed by atoms with E-state index in [0.29, 0.717) is 25.3 Å². The van der Waals surface area contributed by atoms with Gasteiger partial charge in [0.05, 0.1) is 13.2 Å². The van der Waals surface area contributed by atoms with Crippen LogP contribution in [0.1, 0.15) is 21.5 Å². The van der Waals surface area contributed by atoms with Gasteiger partial charge < -0.3 is 14.7 Å². The van der Waals surface area contributed by atoms with E-state index in [1.54, 1.807) is 12.0 Å². The van der Waals surface area contributed by atoms with Gasteiger partial charge >= 0.3 is 0 Å². The molecule has 4 heteroatoms. The van der Waals surface area contributed by atoms with Crippen LogP contribution in [0.2, 0.25) is 0 Å². The summed E-state index contributed by atoms with van der Waals surface area (Å²) in [4.78, 5) is 13.9. The Morgan fingerprint density at radius 3 is 2.33 bits per heavy atom. The number of methoxy groups -OCH3 is 1. The maximum atomic E-state index is 12.3. The summed E-state index contributed by atoms with van der Waals surface area (Å²) in [5.74, 6) is -0.0621. The van der Waals surface area contributed by atoms with Gasteiger partial charge in [0.2, 0.25) is 0 Å². The minimum absolute atomic E-state index is 0.0414. The predicted octanol–water partition coefficient (Wildman–Crippen LogP) is 1.38. The highest BCUT2D eigenvalue weighted by Crippen LogP contribution is 2.11. The first kappa shape index (κ1) is 14.7. The van der Waals surface area contributed by atoms with Crippen molar-refractivity contribution in [1.29, 1.82) is 0 Å². The number of aryl methyl sites for hydroxylation is 2. The molecule has 0 bridgehead atoms. The zero-order chi connectivity index (χ0) is 13.5. The molecule has 18 heavy (non-hydrogen) atoms. The molecule has 0 saturated heterocycles. The van der Waals surface area contributed by atoms with Crippen molar-refractivity contribution in [2.45, 2.75) is 13.8 Å². The molecule has 0 aliphatic carbocycles. The lowest BCUT2D eigenvalue weighted by atomic mass is 10.1. The van der Waals surface area contributed by atoms with Crippen LogP contribution in [0.25, 0.3) is 0 Å². The van der Waals surface area contributed by atoms with E-state index in [4.69, 9.17) is 9.84 Å². The molecule has 0 unspecified atom stereocenters. The van der Waals surface area contributed by atoms with Crippen molar-refractivity contribution < 1.29 is 14.6 Å². The van der Waals surface area contributed by atoms with Gasteiger partial charge in [0.25, 0.3) is 5.91 Å². The van der Waals surface area contributed by atoms with Gasteiger partial charge in [-0.05, 0) is 26.0 Å². The van der Waals surface area contributed by atoms with Crippen LogP contribution in [0.15, 0.2) is 18.2 Å².